The summed E-state index contributed by atoms with van der Waals surface area (Å²) in [6, 6.07) is 3.41. The Morgan fingerprint density at radius 3 is 2.54 bits per heavy atom. The maximum Gasteiger partial charge on any atom is 0.330 e. The molecule has 2 heterocycles. The first kappa shape index (κ1) is 29.9. The van der Waals surface area contributed by atoms with Gasteiger partial charge >= 0.3 is 5.69 Å². The molecule has 0 aliphatic carbocycles. The van der Waals surface area contributed by atoms with Crippen LogP contribution in [-0.2, 0) is 18.2 Å². The third-order valence-corrected chi connectivity index (χ3v) is 12.7. The van der Waals surface area contributed by atoms with Crippen LogP contribution in [0.1, 0.15) is 73.0 Å². The standard InChI is InChI=1S/C24H42N3O6PSi/c1-9-11-14-24(10-2)20(32-34(6)30-17-12-15-25)19(33-35(7,8)23(3,4)5)21(31-24)27-16-13-18(28)26-22(27)29/h13,16,19-21H,9-12,14,17H2,1-8H3,(H,26,28,29)/t19-,20?,21+,24-,34?/m0/s1. The second-order valence-electron chi connectivity index (χ2n) is 10.6. The normalized spacial score (nSPS) is 26.0. The van der Waals surface area contributed by atoms with Crippen molar-refractivity contribution in [1.82, 2.24) is 9.55 Å². The van der Waals surface area contributed by atoms with Gasteiger partial charge in [0.15, 0.2) is 22.9 Å². The van der Waals surface area contributed by atoms with Crippen LogP contribution in [-0.4, -0.2) is 48.9 Å². The lowest BCUT2D eigenvalue weighted by Crippen LogP contribution is -2.51. The van der Waals surface area contributed by atoms with E-state index in [0.717, 1.165) is 19.3 Å². The quantitative estimate of drug-likeness (QED) is 0.230. The van der Waals surface area contributed by atoms with E-state index in [4.69, 9.17) is 23.5 Å². The maximum absolute atomic E-state index is 12.8. The molecule has 11 heteroatoms. The predicted octanol–water partition coefficient (Wildman–Crippen LogP) is 5.05. The molecule has 0 aromatic carbocycles. The van der Waals surface area contributed by atoms with Crippen LogP contribution in [0.4, 0.5) is 0 Å². The molecular weight excluding hydrogens is 485 g/mol. The van der Waals surface area contributed by atoms with Crippen LogP contribution in [0, 0.1) is 11.3 Å². The Balaban J connectivity index is 2.60. The van der Waals surface area contributed by atoms with Gasteiger partial charge in [0, 0.05) is 18.9 Å². The van der Waals surface area contributed by atoms with Gasteiger partial charge in [0.2, 0.25) is 0 Å². The van der Waals surface area contributed by atoms with Gasteiger partial charge in [-0.25, -0.2) is 4.79 Å². The van der Waals surface area contributed by atoms with E-state index in [2.05, 4.69) is 58.8 Å². The highest BCUT2D eigenvalue weighted by Crippen LogP contribution is 2.52. The maximum atomic E-state index is 12.8. The molecule has 1 aromatic rings. The lowest BCUT2D eigenvalue weighted by molar-refractivity contribution is -0.108. The largest absolute Gasteiger partial charge is 0.406 e. The second kappa shape index (κ2) is 12.3. The summed E-state index contributed by atoms with van der Waals surface area (Å²) in [5.74, 6) is 0. The summed E-state index contributed by atoms with van der Waals surface area (Å²) in [5.41, 5.74) is -1.70. The molecule has 35 heavy (non-hydrogen) atoms. The number of unbranched alkanes of at least 4 members (excludes halogenated alkanes) is 1. The van der Waals surface area contributed by atoms with Crippen LogP contribution >= 0.6 is 8.38 Å². The first-order chi connectivity index (χ1) is 16.3. The van der Waals surface area contributed by atoms with Crippen molar-refractivity contribution in [1.29, 1.82) is 5.26 Å². The number of hydrogen-bond donors (Lipinski definition) is 1. The third kappa shape index (κ3) is 7.12. The number of H-pyrrole nitrogens is 1. The zero-order chi connectivity index (χ0) is 26.4. The Hall–Kier alpha value is -1.34. The molecule has 1 aliphatic rings. The first-order valence-electron chi connectivity index (χ1n) is 12.4. The van der Waals surface area contributed by atoms with E-state index in [1.165, 1.54) is 16.8 Å². The first-order valence-corrected chi connectivity index (χ1v) is 16.9. The molecule has 0 radical (unpaired) electrons. The summed E-state index contributed by atoms with van der Waals surface area (Å²) in [6.45, 7) is 17.1. The van der Waals surface area contributed by atoms with Crippen LogP contribution in [0.15, 0.2) is 21.9 Å². The van der Waals surface area contributed by atoms with Gasteiger partial charge < -0.3 is 18.2 Å². The number of rotatable bonds is 12. The molecule has 1 N–H and O–H groups in total. The summed E-state index contributed by atoms with van der Waals surface area (Å²) >= 11 is 0. The lowest BCUT2D eigenvalue weighted by Gasteiger charge is -2.42. The van der Waals surface area contributed by atoms with Crippen LogP contribution in [0.3, 0.4) is 0 Å². The smallest absolute Gasteiger partial charge is 0.330 e. The van der Waals surface area contributed by atoms with Gasteiger partial charge in [-0.3, -0.25) is 14.3 Å². The fraction of sp³-hybridized carbons (Fsp3) is 0.792. The minimum atomic E-state index is -2.33. The molecule has 198 valence electrons. The van der Waals surface area contributed by atoms with Crippen LogP contribution in [0.25, 0.3) is 0 Å². The number of nitrogens with zero attached hydrogens (tertiary/aromatic N) is 2. The number of ether oxygens (including phenoxy) is 1. The highest BCUT2D eigenvalue weighted by molar-refractivity contribution is 7.46. The molecule has 0 amide bonds. The Bertz CT molecular complexity index is 985. The van der Waals surface area contributed by atoms with E-state index in [0.29, 0.717) is 6.42 Å². The highest BCUT2D eigenvalue weighted by Gasteiger charge is 2.58. The van der Waals surface area contributed by atoms with Crippen molar-refractivity contribution in [2.45, 2.75) is 109 Å². The molecule has 1 aliphatic heterocycles. The van der Waals surface area contributed by atoms with Gasteiger partial charge in [0.1, 0.15) is 12.2 Å². The van der Waals surface area contributed by atoms with Gasteiger partial charge in [-0.05, 0) is 31.0 Å². The minimum Gasteiger partial charge on any atom is -0.406 e. The molecule has 0 saturated carbocycles. The van der Waals surface area contributed by atoms with Crippen molar-refractivity contribution >= 4 is 16.7 Å². The molecule has 2 rings (SSSR count). The van der Waals surface area contributed by atoms with E-state index < -0.39 is 52.0 Å². The Labute approximate surface area is 211 Å². The van der Waals surface area contributed by atoms with Gasteiger partial charge in [0.05, 0.1) is 24.7 Å². The van der Waals surface area contributed by atoms with Crippen LogP contribution < -0.4 is 11.2 Å². The average Bonchev–Trinajstić information content (AvgIpc) is 3.04. The number of aromatic nitrogens is 2. The van der Waals surface area contributed by atoms with Gasteiger partial charge in [-0.15, -0.1) is 0 Å². The summed E-state index contributed by atoms with van der Waals surface area (Å²) in [4.78, 5) is 26.9. The molecule has 9 nitrogen and oxygen atoms in total. The summed E-state index contributed by atoms with van der Waals surface area (Å²) in [5, 5.41) is 8.79. The van der Waals surface area contributed by atoms with Crippen LogP contribution in [0.2, 0.25) is 18.1 Å². The lowest BCUT2D eigenvalue weighted by atomic mass is 9.87. The van der Waals surface area contributed by atoms with Crippen molar-refractivity contribution in [2.75, 3.05) is 13.3 Å². The summed E-state index contributed by atoms with van der Waals surface area (Å²) in [6.07, 6.45) is 3.20. The molecule has 0 bridgehead atoms. The predicted molar refractivity (Wildman–Crippen MR) is 140 cm³/mol. The molecule has 1 aromatic heterocycles. The fourth-order valence-electron chi connectivity index (χ4n) is 4.01. The third-order valence-electron chi connectivity index (χ3n) is 7.12. The van der Waals surface area contributed by atoms with E-state index in [-0.39, 0.29) is 18.1 Å². The molecule has 0 spiro atoms. The Morgan fingerprint density at radius 1 is 1.31 bits per heavy atom. The number of nitriles is 1. The molecule has 5 atom stereocenters. The molecule has 2 unspecified atom stereocenters. The second-order valence-corrected chi connectivity index (χ2v) is 16.7. The van der Waals surface area contributed by atoms with E-state index in [9.17, 15) is 9.59 Å². The minimum absolute atomic E-state index is 0.0841. The van der Waals surface area contributed by atoms with Crippen molar-refractivity contribution < 1.29 is 18.2 Å². The molecule has 1 fully saturated rings. The number of nitrogens with one attached hydrogen (secondary N) is 1. The number of aromatic amines is 1. The van der Waals surface area contributed by atoms with Gasteiger partial charge in [-0.2, -0.15) is 5.26 Å². The van der Waals surface area contributed by atoms with Crippen molar-refractivity contribution in [3.8, 4) is 6.07 Å². The van der Waals surface area contributed by atoms with Crippen LogP contribution in [0.5, 0.6) is 0 Å². The summed E-state index contributed by atoms with van der Waals surface area (Å²) < 4.78 is 27.5. The van der Waals surface area contributed by atoms with E-state index in [1.54, 1.807) is 0 Å². The topological polar surface area (TPSA) is 116 Å². The van der Waals surface area contributed by atoms with Gasteiger partial charge in [-0.1, -0.05) is 47.5 Å². The summed E-state index contributed by atoms with van der Waals surface area (Å²) in [7, 11) is -3.65. The monoisotopic (exact) mass is 527 g/mol. The van der Waals surface area contributed by atoms with Crippen molar-refractivity contribution in [3.63, 3.8) is 0 Å². The highest BCUT2D eigenvalue weighted by atomic mass is 31.2. The fourth-order valence-corrected chi connectivity index (χ4v) is 6.32. The van der Waals surface area contributed by atoms with Crippen molar-refractivity contribution in [3.05, 3.63) is 33.1 Å². The molecule has 1 saturated heterocycles. The number of hydrogen-bond acceptors (Lipinski definition) is 7. The average molecular weight is 528 g/mol. The van der Waals surface area contributed by atoms with Crippen molar-refractivity contribution in [2.24, 2.45) is 0 Å². The van der Waals surface area contributed by atoms with E-state index >= 15 is 0 Å². The zero-order valence-electron chi connectivity index (χ0n) is 22.4. The Morgan fingerprint density at radius 2 is 2.00 bits per heavy atom. The zero-order valence-corrected chi connectivity index (χ0v) is 24.3. The Kier molecular flexibility index (Phi) is 10.5. The SMILES string of the molecule is CCCC[C@]1(CC)O[C@@H](n2ccc(=O)[nH]c2=O)[C@@H](O[Si](C)(C)C(C)(C)C)C1OP(C)OCCC#N. The van der Waals surface area contributed by atoms with E-state index in [1.807, 2.05) is 6.66 Å². The van der Waals surface area contributed by atoms with Gasteiger partial charge in [0.25, 0.3) is 5.56 Å². The molecular formula is C24H42N3O6PSi.